The zero-order valence-electron chi connectivity index (χ0n) is 11.0. The van der Waals surface area contributed by atoms with E-state index in [1.807, 2.05) is 0 Å². The maximum absolute atomic E-state index is 4.64. The third-order valence-electron chi connectivity index (χ3n) is 3.86. The van der Waals surface area contributed by atoms with Crippen molar-refractivity contribution in [2.45, 2.75) is 25.8 Å². The lowest BCUT2D eigenvalue weighted by Crippen LogP contribution is -2.37. The van der Waals surface area contributed by atoms with Crippen LogP contribution in [0.25, 0.3) is 0 Å². The summed E-state index contributed by atoms with van der Waals surface area (Å²) in [5, 5.41) is 3.46. The van der Waals surface area contributed by atoms with Crippen molar-refractivity contribution < 1.29 is 0 Å². The van der Waals surface area contributed by atoms with E-state index in [9.17, 15) is 0 Å². The van der Waals surface area contributed by atoms with Crippen LogP contribution in [0, 0.1) is 6.92 Å². The molecule has 18 heavy (non-hydrogen) atoms. The Labute approximate surface area is 109 Å². The molecule has 1 unspecified atom stereocenters. The van der Waals surface area contributed by atoms with Gasteiger partial charge in [-0.15, -0.1) is 0 Å². The predicted molar refractivity (Wildman–Crippen MR) is 75.0 cm³/mol. The van der Waals surface area contributed by atoms with Gasteiger partial charge in [0.1, 0.15) is 5.84 Å². The van der Waals surface area contributed by atoms with Gasteiger partial charge in [0.2, 0.25) is 0 Å². The molecule has 1 fully saturated rings. The van der Waals surface area contributed by atoms with E-state index in [4.69, 9.17) is 0 Å². The highest BCUT2D eigenvalue weighted by Crippen LogP contribution is 2.27. The van der Waals surface area contributed by atoms with Gasteiger partial charge >= 0.3 is 0 Å². The van der Waals surface area contributed by atoms with Crippen molar-refractivity contribution >= 4 is 5.84 Å². The number of likely N-dealkylation sites (tertiary alicyclic amines) is 1. The molecule has 3 heteroatoms. The number of benzene rings is 1. The minimum absolute atomic E-state index is 0.343. The van der Waals surface area contributed by atoms with Crippen molar-refractivity contribution in [1.29, 1.82) is 0 Å². The zero-order valence-corrected chi connectivity index (χ0v) is 11.0. The highest BCUT2D eigenvalue weighted by Gasteiger charge is 2.28. The number of aliphatic imine (C=N–C) groups is 1. The van der Waals surface area contributed by atoms with Gasteiger partial charge in [-0.25, -0.2) is 0 Å². The fraction of sp³-hybridized carbons (Fsp3) is 0.533. The molecule has 2 aliphatic rings. The van der Waals surface area contributed by atoms with E-state index in [1.165, 1.54) is 42.9 Å². The fourth-order valence-electron chi connectivity index (χ4n) is 2.89. The highest BCUT2D eigenvalue weighted by atomic mass is 15.2. The lowest BCUT2D eigenvalue weighted by atomic mass is 10.0. The second-order valence-electron chi connectivity index (χ2n) is 5.25. The summed E-state index contributed by atoms with van der Waals surface area (Å²) in [7, 11) is 0. The van der Waals surface area contributed by atoms with Crippen LogP contribution in [-0.2, 0) is 0 Å². The number of nitrogens with zero attached hydrogens (tertiary/aromatic N) is 2. The van der Waals surface area contributed by atoms with Gasteiger partial charge in [-0.1, -0.05) is 29.8 Å². The van der Waals surface area contributed by atoms with E-state index in [0.717, 1.165) is 13.1 Å². The quantitative estimate of drug-likeness (QED) is 0.880. The Morgan fingerprint density at radius 2 is 1.89 bits per heavy atom. The number of hydrogen-bond acceptors (Lipinski definition) is 3. The third kappa shape index (κ3) is 2.27. The minimum Gasteiger partial charge on any atom is -0.370 e. The van der Waals surface area contributed by atoms with Gasteiger partial charge in [-0.05, 0) is 38.4 Å². The lowest BCUT2D eigenvalue weighted by molar-refractivity contribution is 0.301. The van der Waals surface area contributed by atoms with Crippen LogP contribution in [0.2, 0.25) is 0 Å². The van der Waals surface area contributed by atoms with Gasteiger partial charge in [0.15, 0.2) is 0 Å². The van der Waals surface area contributed by atoms with E-state index in [-0.39, 0.29) is 0 Å². The lowest BCUT2D eigenvalue weighted by Gasteiger charge is -2.28. The van der Waals surface area contributed by atoms with E-state index >= 15 is 0 Å². The topological polar surface area (TPSA) is 27.6 Å². The molecule has 0 amide bonds. The molecule has 1 atom stereocenters. The second kappa shape index (κ2) is 5.11. The average Bonchev–Trinajstić information content (AvgIpc) is 3.06. The Hall–Kier alpha value is -1.35. The molecule has 1 saturated heterocycles. The Morgan fingerprint density at radius 1 is 1.17 bits per heavy atom. The largest absolute Gasteiger partial charge is 0.370 e. The number of aryl methyl sites for hydroxylation is 1. The van der Waals surface area contributed by atoms with Crippen LogP contribution in [0.5, 0.6) is 0 Å². The first-order valence-electron chi connectivity index (χ1n) is 6.93. The summed E-state index contributed by atoms with van der Waals surface area (Å²) >= 11 is 0. The van der Waals surface area contributed by atoms with Gasteiger partial charge < -0.3 is 5.32 Å². The number of amidine groups is 1. The molecule has 0 aliphatic carbocycles. The Bertz CT molecular complexity index is 430. The van der Waals surface area contributed by atoms with E-state index < -0.39 is 0 Å². The first kappa shape index (κ1) is 11.7. The van der Waals surface area contributed by atoms with Crippen molar-refractivity contribution in [2.24, 2.45) is 4.99 Å². The van der Waals surface area contributed by atoms with Gasteiger partial charge in [0.05, 0.1) is 12.6 Å². The number of hydrogen-bond donors (Lipinski definition) is 1. The molecule has 96 valence electrons. The van der Waals surface area contributed by atoms with E-state index in [0.29, 0.717) is 6.04 Å². The van der Waals surface area contributed by atoms with Crippen molar-refractivity contribution in [3.63, 3.8) is 0 Å². The molecule has 0 bridgehead atoms. The third-order valence-corrected chi connectivity index (χ3v) is 3.86. The summed E-state index contributed by atoms with van der Waals surface area (Å²) in [4.78, 5) is 7.20. The summed E-state index contributed by atoms with van der Waals surface area (Å²) in [6, 6.07) is 9.25. The van der Waals surface area contributed by atoms with Crippen molar-refractivity contribution in [1.82, 2.24) is 10.2 Å². The molecular formula is C15H21N3. The van der Waals surface area contributed by atoms with Gasteiger partial charge in [0, 0.05) is 6.54 Å². The standard InChI is InChI=1S/C15H21N3/c1-12-4-6-13(7-5-12)14(15-16-8-9-17-15)18-10-2-3-11-18/h4-7,14H,2-3,8-11H2,1H3,(H,16,17). The van der Waals surface area contributed by atoms with Crippen molar-refractivity contribution in [3.8, 4) is 0 Å². The van der Waals surface area contributed by atoms with E-state index in [2.05, 4.69) is 46.4 Å². The Morgan fingerprint density at radius 3 is 2.50 bits per heavy atom. The highest BCUT2D eigenvalue weighted by molar-refractivity contribution is 5.89. The van der Waals surface area contributed by atoms with Crippen molar-refractivity contribution in [3.05, 3.63) is 35.4 Å². The summed E-state index contributed by atoms with van der Waals surface area (Å²) in [6.07, 6.45) is 2.63. The van der Waals surface area contributed by atoms with Crippen LogP contribution in [0.3, 0.4) is 0 Å². The van der Waals surface area contributed by atoms with Gasteiger partial charge in [0.25, 0.3) is 0 Å². The average molecular weight is 243 g/mol. The predicted octanol–water partition coefficient (Wildman–Crippen LogP) is 2.13. The fourth-order valence-corrected chi connectivity index (χ4v) is 2.89. The molecular weight excluding hydrogens is 222 g/mol. The zero-order chi connectivity index (χ0) is 12.4. The summed E-state index contributed by atoms with van der Waals surface area (Å²) in [6.45, 7) is 6.44. The molecule has 1 aromatic rings. The first-order valence-corrected chi connectivity index (χ1v) is 6.93. The molecule has 0 saturated carbocycles. The molecule has 3 rings (SSSR count). The molecule has 0 radical (unpaired) electrons. The van der Waals surface area contributed by atoms with Gasteiger partial charge in [-0.3, -0.25) is 9.89 Å². The normalized spacial score (nSPS) is 21.7. The van der Waals surface area contributed by atoms with E-state index in [1.54, 1.807) is 0 Å². The molecule has 0 spiro atoms. The summed E-state index contributed by atoms with van der Waals surface area (Å²) in [5.74, 6) is 1.17. The number of nitrogens with one attached hydrogen (secondary N) is 1. The Balaban J connectivity index is 1.90. The monoisotopic (exact) mass is 243 g/mol. The van der Waals surface area contributed by atoms with Crippen LogP contribution >= 0.6 is 0 Å². The minimum atomic E-state index is 0.343. The van der Waals surface area contributed by atoms with Gasteiger partial charge in [-0.2, -0.15) is 0 Å². The smallest absolute Gasteiger partial charge is 0.119 e. The summed E-state index contributed by atoms with van der Waals surface area (Å²) in [5.41, 5.74) is 2.69. The molecule has 2 heterocycles. The van der Waals surface area contributed by atoms with Crippen LogP contribution in [0.15, 0.2) is 29.3 Å². The van der Waals surface area contributed by atoms with Crippen LogP contribution in [0.4, 0.5) is 0 Å². The Kier molecular flexibility index (Phi) is 3.33. The molecule has 1 N–H and O–H groups in total. The van der Waals surface area contributed by atoms with Crippen LogP contribution < -0.4 is 5.32 Å². The summed E-state index contributed by atoms with van der Waals surface area (Å²) < 4.78 is 0. The van der Waals surface area contributed by atoms with Crippen molar-refractivity contribution in [2.75, 3.05) is 26.2 Å². The maximum atomic E-state index is 4.64. The van der Waals surface area contributed by atoms with Crippen LogP contribution in [0.1, 0.15) is 30.0 Å². The first-order chi connectivity index (χ1) is 8.84. The molecule has 2 aliphatic heterocycles. The maximum Gasteiger partial charge on any atom is 0.119 e. The number of rotatable bonds is 3. The molecule has 3 nitrogen and oxygen atoms in total. The SMILES string of the molecule is Cc1ccc(C(C2=NCCN2)N2CCCC2)cc1. The molecule has 1 aromatic carbocycles. The van der Waals surface area contributed by atoms with Crippen LogP contribution in [-0.4, -0.2) is 36.9 Å². The molecule has 0 aromatic heterocycles. The second-order valence-corrected chi connectivity index (χ2v) is 5.25.